The first-order valence-corrected chi connectivity index (χ1v) is 10.4. The molecule has 0 aromatic heterocycles. The maximum atomic E-state index is 10.5. The van der Waals surface area contributed by atoms with Crippen molar-refractivity contribution in [3.63, 3.8) is 0 Å². The Morgan fingerprint density at radius 3 is 2.58 bits per heavy atom. The van der Waals surface area contributed by atoms with Crippen LogP contribution in [0.4, 0.5) is 0 Å². The van der Waals surface area contributed by atoms with Gasteiger partial charge in [-0.05, 0) is 5.56 Å². The van der Waals surface area contributed by atoms with Gasteiger partial charge in [-0.1, -0.05) is 55.9 Å². The van der Waals surface area contributed by atoms with Crippen molar-refractivity contribution in [1.82, 2.24) is 4.90 Å². The van der Waals surface area contributed by atoms with E-state index in [1.165, 1.54) is 5.56 Å². The lowest BCUT2D eigenvalue weighted by Gasteiger charge is -2.19. The van der Waals surface area contributed by atoms with Crippen LogP contribution in [0.3, 0.4) is 0 Å². The van der Waals surface area contributed by atoms with Gasteiger partial charge in [0.05, 0.1) is 0 Å². The van der Waals surface area contributed by atoms with Crippen LogP contribution in [0, 0.1) is 11.5 Å². The third kappa shape index (κ3) is 4.50. The molecule has 1 heterocycles. The first kappa shape index (κ1) is 14.3. The van der Waals surface area contributed by atoms with Crippen LogP contribution >= 0.6 is 0 Å². The molecule has 0 aliphatic carbocycles. The fraction of sp³-hybridized carbons (Fsp3) is 0.500. The molecule has 3 heteroatoms. The van der Waals surface area contributed by atoms with E-state index in [4.69, 9.17) is 0 Å². The fourth-order valence-corrected chi connectivity index (χ4v) is 2.86. The topological polar surface area (TPSA) is 23.5 Å². The number of aliphatic hydroxyl groups is 1. The monoisotopic (exact) mass is 273 g/mol. The highest BCUT2D eigenvalue weighted by Crippen LogP contribution is 2.22. The SMILES string of the molecule is C[Si](C)(C)C#C[C@@]1(O)CCN(Cc2ccccc2)C1. The zero-order valence-electron chi connectivity index (χ0n) is 12.1. The molecule has 1 fully saturated rings. The van der Waals surface area contributed by atoms with Gasteiger partial charge in [0.2, 0.25) is 0 Å². The van der Waals surface area contributed by atoms with Gasteiger partial charge in [-0.15, -0.1) is 5.54 Å². The van der Waals surface area contributed by atoms with Crippen LogP contribution < -0.4 is 0 Å². The van der Waals surface area contributed by atoms with E-state index < -0.39 is 13.7 Å². The van der Waals surface area contributed by atoms with Crippen LogP contribution in [0.15, 0.2) is 30.3 Å². The average molecular weight is 273 g/mol. The molecule has 1 saturated heterocycles. The molecule has 1 N–H and O–H groups in total. The highest BCUT2D eigenvalue weighted by atomic mass is 28.3. The molecule has 102 valence electrons. The molecule has 0 amide bonds. The predicted molar refractivity (Wildman–Crippen MR) is 82.4 cm³/mol. The Morgan fingerprint density at radius 2 is 1.95 bits per heavy atom. The maximum Gasteiger partial charge on any atom is 0.138 e. The molecule has 1 aromatic carbocycles. The zero-order chi connectivity index (χ0) is 13.9. The smallest absolute Gasteiger partial charge is 0.138 e. The van der Waals surface area contributed by atoms with Crippen LogP contribution in [0.25, 0.3) is 0 Å². The Bertz CT molecular complexity index is 483. The molecule has 2 nitrogen and oxygen atoms in total. The van der Waals surface area contributed by atoms with E-state index in [1.54, 1.807) is 0 Å². The fourth-order valence-electron chi connectivity index (χ4n) is 2.25. The van der Waals surface area contributed by atoms with Gasteiger partial charge < -0.3 is 5.11 Å². The van der Waals surface area contributed by atoms with Gasteiger partial charge in [0.25, 0.3) is 0 Å². The first-order chi connectivity index (χ1) is 8.86. The Hall–Kier alpha value is -1.08. The largest absolute Gasteiger partial charge is 0.376 e. The number of nitrogens with zero attached hydrogens (tertiary/aromatic N) is 1. The Morgan fingerprint density at radius 1 is 1.26 bits per heavy atom. The Labute approximate surface area is 117 Å². The van der Waals surface area contributed by atoms with Gasteiger partial charge in [-0.25, -0.2) is 0 Å². The normalized spacial score (nSPS) is 24.0. The van der Waals surface area contributed by atoms with Crippen molar-refractivity contribution in [2.75, 3.05) is 13.1 Å². The van der Waals surface area contributed by atoms with Crippen molar-refractivity contribution in [2.24, 2.45) is 0 Å². The van der Waals surface area contributed by atoms with Gasteiger partial charge in [0.15, 0.2) is 0 Å². The van der Waals surface area contributed by atoms with Crippen molar-refractivity contribution in [1.29, 1.82) is 0 Å². The molecule has 0 saturated carbocycles. The number of benzene rings is 1. The summed E-state index contributed by atoms with van der Waals surface area (Å²) < 4.78 is 0. The van der Waals surface area contributed by atoms with Crippen LogP contribution in [0.5, 0.6) is 0 Å². The van der Waals surface area contributed by atoms with Crippen LogP contribution in [0.1, 0.15) is 12.0 Å². The number of rotatable bonds is 2. The van der Waals surface area contributed by atoms with Crippen molar-refractivity contribution in [3.8, 4) is 11.5 Å². The number of β-amino-alcohol motifs (C(OH)–C–C–N with tert-alkyl or cyclic N) is 1. The number of likely N-dealkylation sites (tertiary alicyclic amines) is 1. The molecule has 0 spiro atoms. The second-order valence-electron chi connectivity index (χ2n) is 6.48. The van der Waals surface area contributed by atoms with Crippen molar-refractivity contribution in [2.45, 2.75) is 38.2 Å². The summed E-state index contributed by atoms with van der Waals surface area (Å²) in [5, 5.41) is 10.5. The third-order valence-corrected chi connectivity index (χ3v) is 4.12. The van der Waals surface area contributed by atoms with E-state index >= 15 is 0 Å². The van der Waals surface area contributed by atoms with Crippen LogP contribution in [-0.2, 0) is 6.54 Å². The first-order valence-electron chi connectivity index (χ1n) is 6.89. The molecule has 1 aromatic rings. The highest BCUT2D eigenvalue weighted by molar-refractivity contribution is 6.83. The lowest BCUT2D eigenvalue weighted by molar-refractivity contribution is 0.107. The Kier molecular flexibility index (Phi) is 4.15. The molecule has 0 bridgehead atoms. The van der Waals surface area contributed by atoms with Crippen molar-refractivity contribution >= 4 is 8.07 Å². The third-order valence-electron chi connectivity index (χ3n) is 3.25. The van der Waals surface area contributed by atoms with Gasteiger partial charge >= 0.3 is 0 Å². The van der Waals surface area contributed by atoms with E-state index in [0.717, 1.165) is 19.5 Å². The molecule has 1 aliphatic heterocycles. The summed E-state index contributed by atoms with van der Waals surface area (Å²) in [6.07, 6.45) is 0.761. The molecular weight excluding hydrogens is 250 g/mol. The zero-order valence-corrected chi connectivity index (χ0v) is 13.1. The van der Waals surface area contributed by atoms with E-state index in [-0.39, 0.29) is 0 Å². The quantitative estimate of drug-likeness (QED) is 0.661. The maximum absolute atomic E-state index is 10.5. The van der Waals surface area contributed by atoms with Crippen molar-refractivity contribution < 1.29 is 5.11 Å². The van der Waals surface area contributed by atoms with Crippen molar-refractivity contribution in [3.05, 3.63) is 35.9 Å². The molecule has 19 heavy (non-hydrogen) atoms. The van der Waals surface area contributed by atoms with Crippen LogP contribution in [0.2, 0.25) is 19.6 Å². The van der Waals surface area contributed by atoms with E-state index in [0.29, 0.717) is 6.54 Å². The highest BCUT2D eigenvalue weighted by Gasteiger charge is 2.34. The summed E-state index contributed by atoms with van der Waals surface area (Å²) in [5.74, 6) is 3.14. The van der Waals surface area contributed by atoms with Gasteiger partial charge in [-0.2, -0.15) is 0 Å². The molecule has 0 unspecified atom stereocenters. The van der Waals surface area contributed by atoms with E-state index in [2.05, 4.69) is 60.3 Å². The Balaban J connectivity index is 1.97. The lowest BCUT2D eigenvalue weighted by Crippen LogP contribution is -2.32. The number of hydrogen-bond acceptors (Lipinski definition) is 2. The molecule has 0 radical (unpaired) electrons. The minimum absolute atomic E-state index is 0.666. The van der Waals surface area contributed by atoms with E-state index in [9.17, 15) is 5.11 Å². The lowest BCUT2D eigenvalue weighted by atomic mass is 10.1. The second kappa shape index (κ2) is 5.50. The standard InChI is InChI=1S/C16H23NOSi/c1-19(2,3)12-10-16(18)9-11-17(14-16)13-15-7-5-4-6-8-15/h4-8,18H,9,11,13-14H2,1-3H3/t16-/m0/s1. The summed E-state index contributed by atoms with van der Waals surface area (Å²) >= 11 is 0. The molecule has 1 atom stereocenters. The summed E-state index contributed by atoms with van der Waals surface area (Å²) in [6, 6.07) is 10.4. The minimum Gasteiger partial charge on any atom is -0.376 e. The predicted octanol–water partition coefficient (Wildman–Crippen LogP) is 2.50. The summed E-state index contributed by atoms with van der Waals surface area (Å²) in [5.41, 5.74) is 3.80. The average Bonchev–Trinajstić information content (AvgIpc) is 2.70. The second-order valence-corrected chi connectivity index (χ2v) is 11.2. The molecular formula is C16H23NOSi. The van der Waals surface area contributed by atoms with Crippen LogP contribution in [-0.4, -0.2) is 36.8 Å². The minimum atomic E-state index is -1.41. The van der Waals surface area contributed by atoms with Gasteiger partial charge in [0, 0.05) is 26.1 Å². The van der Waals surface area contributed by atoms with E-state index in [1.807, 2.05) is 6.07 Å². The summed E-state index contributed by atoms with van der Waals surface area (Å²) in [7, 11) is -1.41. The molecule has 1 aliphatic rings. The summed E-state index contributed by atoms with van der Waals surface area (Å²) in [6.45, 7) is 9.11. The number of hydrogen-bond donors (Lipinski definition) is 1. The summed E-state index contributed by atoms with van der Waals surface area (Å²) in [4.78, 5) is 2.29. The molecule has 2 rings (SSSR count). The van der Waals surface area contributed by atoms with Gasteiger partial charge in [0.1, 0.15) is 13.7 Å². The van der Waals surface area contributed by atoms with Gasteiger partial charge in [-0.3, -0.25) is 4.90 Å².